The summed E-state index contributed by atoms with van der Waals surface area (Å²) in [4.78, 5) is 34.6. The molecule has 192 valence electrons. The average molecular weight is 499 g/mol. The third kappa shape index (κ3) is 4.48. The van der Waals surface area contributed by atoms with E-state index in [1.54, 1.807) is 0 Å². The minimum atomic E-state index is -0.549. The molecule has 1 N–H and O–H groups in total. The Morgan fingerprint density at radius 2 is 1.78 bits per heavy atom. The molecule has 2 aliphatic heterocycles. The number of benzene rings is 1. The van der Waals surface area contributed by atoms with Gasteiger partial charge < -0.3 is 24.4 Å². The summed E-state index contributed by atoms with van der Waals surface area (Å²) >= 11 is 0. The number of nitrogens with one attached hydrogen (secondary N) is 1. The van der Waals surface area contributed by atoms with Crippen LogP contribution in [0.25, 0.3) is 16.6 Å². The van der Waals surface area contributed by atoms with E-state index in [1.807, 2.05) is 61.0 Å². The molecule has 1 amide bonds. The van der Waals surface area contributed by atoms with Crippen LogP contribution >= 0.6 is 0 Å². The highest BCUT2D eigenvalue weighted by atomic mass is 16.2. The number of nitrogens with zero attached hydrogens (tertiary/aromatic N) is 7. The van der Waals surface area contributed by atoms with Crippen molar-refractivity contribution in [1.29, 1.82) is 0 Å². The number of amides is 1. The van der Waals surface area contributed by atoms with Gasteiger partial charge in [-0.05, 0) is 58.1 Å². The van der Waals surface area contributed by atoms with Crippen molar-refractivity contribution in [3.05, 3.63) is 60.6 Å². The van der Waals surface area contributed by atoms with E-state index in [2.05, 4.69) is 44.2 Å². The fourth-order valence-corrected chi connectivity index (χ4v) is 5.36. The van der Waals surface area contributed by atoms with Crippen LogP contribution in [0.1, 0.15) is 26.0 Å². The second-order valence-electron chi connectivity index (χ2n) is 10.8. The molecule has 0 bridgehead atoms. The van der Waals surface area contributed by atoms with Gasteiger partial charge >= 0.3 is 0 Å². The van der Waals surface area contributed by atoms with Gasteiger partial charge in [-0.1, -0.05) is 18.2 Å². The molecule has 2 aliphatic rings. The summed E-state index contributed by atoms with van der Waals surface area (Å²) < 4.78 is 2.03. The van der Waals surface area contributed by atoms with Crippen LogP contribution in [0.5, 0.6) is 0 Å². The number of fused-ring (bicyclic) bond motifs is 2. The number of hydrogen-bond donors (Lipinski definition) is 1. The maximum absolute atomic E-state index is 13.3. The van der Waals surface area contributed by atoms with Crippen molar-refractivity contribution in [3.63, 3.8) is 0 Å². The molecule has 0 atom stereocenters. The van der Waals surface area contributed by atoms with Crippen LogP contribution in [0.4, 0.5) is 11.8 Å². The number of imidazole rings is 1. The van der Waals surface area contributed by atoms with Crippen molar-refractivity contribution in [3.8, 4) is 0 Å². The number of likely N-dealkylation sites (N-methyl/N-ethyl adjacent to an activating group) is 1. The van der Waals surface area contributed by atoms with E-state index >= 15 is 0 Å². The minimum absolute atomic E-state index is 0.0567. The van der Waals surface area contributed by atoms with Gasteiger partial charge in [0.15, 0.2) is 0 Å². The average Bonchev–Trinajstić information content (AvgIpc) is 3.18. The molecule has 1 aromatic carbocycles. The fraction of sp³-hybridized carbons (Fsp3) is 0.429. The first-order valence-electron chi connectivity index (χ1n) is 13.1. The van der Waals surface area contributed by atoms with Crippen LogP contribution in [0.3, 0.4) is 0 Å². The molecule has 6 rings (SSSR count). The van der Waals surface area contributed by atoms with Gasteiger partial charge in [0.25, 0.3) is 0 Å². The minimum Gasteiger partial charge on any atom is -0.354 e. The first-order valence-corrected chi connectivity index (χ1v) is 13.1. The Morgan fingerprint density at radius 1 is 0.973 bits per heavy atom. The van der Waals surface area contributed by atoms with Crippen LogP contribution in [0, 0.1) is 5.92 Å². The molecule has 2 saturated heterocycles. The van der Waals surface area contributed by atoms with Crippen molar-refractivity contribution in [2.75, 3.05) is 56.1 Å². The summed E-state index contributed by atoms with van der Waals surface area (Å²) in [5, 5.41) is 4.29. The van der Waals surface area contributed by atoms with Gasteiger partial charge in [0, 0.05) is 44.3 Å². The van der Waals surface area contributed by atoms with Crippen LogP contribution in [0.15, 0.2) is 54.9 Å². The van der Waals surface area contributed by atoms with Crippen molar-refractivity contribution < 1.29 is 4.79 Å². The summed E-state index contributed by atoms with van der Waals surface area (Å²) in [7, 11) is 2.16. The lowest BCUT2D eigenvalue weighted by molar-refractivity contribution is -0.127. The molecule has 3 aromatic heterocycles. The van der Waals surface area contributed by atoms with Gasteiger partial charge in [-0.25, -0.2) is 9.97 Å². The number of rotatable bonds is 5. The topological polar surface area (TPSA) is 81.9 Å². The molecule has 5 heterocycles. The van der Waals surface area contributed by atoms with Crippen LogP contribution in [0.2, 0.25) is 0 Å². The van der Waals surface area contributed by atoms with Crippen LogP contribution in [-0.4, -0.2) is 76.5 Å². The van der Waals surface area contributed by atoms with Crippen molar-refractivity contribution >= 4 is 34.2 Å². The maximum atomic E-state index is 13.3. The lowest BCUT2D eigenvalue weighted by atomic mass is 9.94. The molecule has 9 nitrogen and oxygen atoms in total. The zero-order chi connectivity index (χ0) is 25.6. The van der Waals surface area contributed by atoms with E-state index < -0.39 is 5.54 Å². The summed E-state index contributed by atoms with van der Waals surface area (Å²) in [5.74, 6) is 1.66. The van der Waals surface area contributed by atoms with Gasteiger partial charge in [-0.15, -0.1) is 0 Å². The Kier molecular flexibility index (Phi) is 5.95. The Labute approximate surface area is 217 Å². The molecule has 0 aliphatic carbocycles. The Balaban J connectivity index is 1.19. The lowest BCUT2D eigenvalue weighted by Gasteiger charge is -2.41. The zero-order valence-electron chi connectivity index (χ0n) is 21.8. The molecule has 0 saturated carbocycles. The summed E-state index contributed by atoms with van der Waals surface area (Å²) in [6.45, 7) is 9.28. The molecule has 37 heavy (non-hydrogen) atoms. The quantitative estimate of drug-likeness (QED) is 0.453. The number of pyridine rings is 1. The number of carbonyl (C=O) groups excluding carboxylic acids is 1. The Morgan fingerprint density at radius 3 is 2.65 bits per heavy atom. The first kappa shape index (κ1) is 23.7. The van der Waals surface area contributed by atoms with Crippen molar-refractivity contribution in [1.82, 2.24) is 29.6 Å². The monoisotopic (exact) mass is 498 g/mol. The van der Waals surface area contributed by atoms with Crippen LogP contribution in [-0.2, 0) is 10.3 Å². The normalized spacial score (nSPS) is 17.7. The summed E-state index contributed by atoms with van der Waals surface area (Å²) in [6, 6.07) is 14.1. The number of hydrogen-bond acceptors (Lipinski definition) is 7. The predicted molar refractivity (Wildman–Crippen MR) is 146 cm³/mol. The van der Waals surface area contributed by atoms with Gasteiger partial charge in [0.05, 0.1) is 28.9 Å². The van der Waals surface area contributed by atoms with Crippen LogP contribution < -0.4 is 15.1 Å². The molecular formula is C28H34N8O. The largest absolute Gasteiger partial charge is 0.354 e. The third-order valence-electron chi connectivity index (χ3n) is 7.62. The van der Waals surface area contributed by atoms with E-state index in [0.717, 1.165) is 66.6 Å². The number of anilines is 2. The number of para-hydroxylation sites is 1. The molecular weight excluding hydrogens is 464 g/mol. The predicted octanol–water partition coefficient (Wildman–Crippen LogP) is 2.91. The number of aromatic nitrogens is 4. The SMILES string of the molecule is CN1CCCN(c2nc(N3CC(C(=O)NC(C)(C)c4cnc5ccccn45)C3)c3ccccc3n2)CC1. The van der Waals surface area contributed by atoms with E-state index in [-0.39, 0.29) is 11.8 Å². The molecule has 9 heteroatoms. The molecule has 4 aromatic rings. The second-order valence-corrected chi connectivity index (χ2v) is 10.8. The van der Waals surface area contributed by atoms with Gasteiger partial charge in [-0.3, -0.25) is 4.79 Å². The lowest BCUT2D eigenvalue weighted by Crippen LogP contribution is -2.57. The van der Waals surface area contributed by atoms with Crippen molar-refractivity contribution in [2.24, 2.45) is 5.92 Å². The molecule has 0 unspecified atom stereocenters. The van der Waals surface area contributed by atoms with Gasteiger partial charge in [0.2, 0.25) is 11.9 Å². The zero-order valence-corrected chi connectivity index (χ0v) is 21.8. The van der Waals surface area contributed by atoms with Gasteiger partial charge in [0.1, 0.15) is 11.5 Å². The first-order chi connectivity index (χ1) is 17.9. The highest BCUT2D eigenvalue weighted by Crippen LogP contribution is 2.32. The Bertz CT molecular complexity index is 1440. The molecule has 0 radical (unpaired) electrons. The standard InChI is InChI=1S/C28H34N8O/c1-28(2,23-17-29-24-11-6-7-14-36(23)24)32-26(37)20-18-35(19-20)25-21-9-4-5-10-22(21)30-27(31-25)34-13-8-12-33(3)15-16-34/h4-7,9-11,14,17,20H,8,12-13,15-16,18-19H2,1-3H3,(H,32,37). The third-order valence-corrected chi connectivity index (χ3v) is 7.62. The molecule has 0 spiro atoms. The second kappa shape index (κ2) is 9.30. The van der Waals surface area contributed by atoms with E-state index in [1.165, 1.54) is 0 Å². The Hall–Kier alpha value is -3.72. The van der Waals surface area contributed by atoms with E-state index in [0.29, 0.717) is 13.1 Å². The van der Waals surface area contributed by atoms with E-state index in [9.17, 15) is 4.79 Å². The highest BCUT2D eigenvalue weighted by Gasteiger charge is 2.38. The number of carbonyl (C=O) groups is 1. The fourth-order valence-electron chi connectivity index (χ4n) is 5.36. The summed E-state index contributed by atoms with van der Waals surface area (Å²) in [6.07, 6.45) is 4.92. The highest BCUT2D eigenvalue weighted by molar-refractivity contribution is 5.92. The van der Waals surface area contributed by atoms with Gasteiger partial charge in [-0.2, -0.15) is 4.98 Å². The maximum Gasteiger partial charge on any atom is 0.227 e. The summed E-state index contributed by atoms with van der Waals surface area (Å²) in [5.41, 5.74) is 2.23. The smallest absolute Gasteiger partial charge is 0.227 e. The van der Waals surface area contributed by atoms with E-state index in [4.69, 9.17) is 9.97 Å². The molecule has 2 fully saturated rings. The van der Waals surface area contributed by atoms with Crippen molar-refractivity contribution in [2.45, 2.75) is 25.8 Å².